The fraction of sp³-hybridized carbons (Fsp3) is 0.188. The zero-order valence-electron chi connectivity index (χ0n) is 11.6. The lowest BCUT2D eigenvalue weighted by atomic mass is 10.1. The molecular formula is C16H14F2O2S. The summed E-state index contributed by atoms with van der Waals surface area (Å²) in [5.74, 6) is -1.57. The second-order valence-electron chi connectivity index (χ2n) is 4.40. The van der Waals surface area contributed by atoms with Gasteiger partial charge in [-0.05, 0) is 37.3 Å². The van der Waals surface area contributed by atoms with Gasteiger partial charge in [-0.3, -0.25) is 4.79 Å². The van der Waals surface area contributed by atoms with Crippen LogP contribution < -0.4 is 4.74 Å². The van der Waals surface area contributed by atoms with E-state index in [0.717, 1.165) is 17.0 Å². The number of rotatable bonds is 5. The maximum atomic E-state index is 13.2. The van der Waals surface area contributed by atoms with Crippen LogP contribution in [0.5, 0.6) is 5.75 Å². The van der Waals surface area contributed by atoms with Gasteiger partial charge in [0, 0.05) is 5.56 Å². The summed E-state index contributed by atoms with van der Waals surface area (Å²) < 4.78 is 31.3. The van der Waals surface area contributed by atoms with Gasteiger partial charge in [0.2, 0.25) is 0 Å². The van der Waals surface area contributed by atoms with E-state index in [2.05, 4.69) is 0 Å². The normalized spacial score (nSPS) is 12.0. The highest BCUT2D eigenvalue weighted by Crippen LogP contribution is 2.33. The molecule has 0 bridgehead atoms. The summed E-state index contributed by atoms with van der Waals surface area (Å²) in [5, 5.41) is -0.439. The largest absolute Gasteiger partial charge is 0.496 e. The van der Waals surface area contributed by atoms with Crippen molar-refractivity contribution in [2.24, 2.45) is 0 Å². The van der Waals surface area contributed by atoms with E-state index in [1.807, 2.05) is 18.2 Å². The smallest absolute Gasteiger partial charge is 0.175 e. The summed E-state index contributed by atoms with van der Waals surface area (Å²) in [7, 11) is 1.56. The topological polar surface area (TPSA) is 26.3 Å². The Morgan fingerprint density at radius 3 is 2.52 bits per heavy atom. The molecule has 2 aromatic carbocycles. The lowest BCUT2D eigenvalue weighted by molar-refractivity contribution is 0.0993. The lowest BCUT2D eigenvalue weighted by Crippen LogP contribution is -2.14. The van der Waals surface area contributed by atoms with Crippen molar-refractivity contribution in [2.75, 3.05) is 7.11 Å². The van der Waals surface area contributed by atoms with Gasteiger partial charge in [0.05, 0.1) is 17.3 Å². The molecule has 1 unspecified atom stereocenters. The first-order valence-corrected chi connectivity index (χ1v) is 7.20. The standard InChI is InChI=1S/C16H14F2O2S/c1-10(21-15-6-4-3-5-14(15)20-2)16(19)11-7-8-12(17)13(18)9-11/h3-10H,1-2H3. The van der Waals surface area contributed by atoms with Gasteiger partial charge in [0.25, 0.3) is 0 Å². The van der Waals surface area contributed by atoms with E-state index < -0.39 is 16.9 Å². The van der Waals surface area contributed by atoms with Crippen LogP contribution in [0.25, 0.3) is 0 Å². The molecule has 0 saturated heterocycles. The highest BCUT2D eigenvalue weighted by molar-refractivity contribution is 8.00. The highest BCUT2D eigenvalue weighted by Gasteiger charge is 2.19. The molecule has 0 fully saturated rings. The van der Waals surface area contributed by atoms with Gasteiger partial charge >= 0.3 is 0 Å². The minimum absolute atomic E-state index is 0.156. The third kappa shape index (κ3) is 3.61. The summed E-state index contributed by atoms with van der Waals surface area (Å²) in [4.78, 5) is 13.1. The number of carbonyl (C=O) groups is 1. The minimum Gasteiger partial charge on any atom is -0.496 e. The van der Waals surface area contributed by atoms with Crippen LogP contribution in [0, 0.1) is 11.6 Å². The highest BCUT2D eigenvalue weighted by atomic mass is 32.2. The third-order valence-corrected chi connectivity index (χ3v) is 4.10. The van der Waals surface area contributed by atoms with Crippen LogP contribution in [0.4, 0.5) is 8.78 Å². The maximum absolute atomic E-state index is 13.2. The maximum Gasteiger partial charge on any atom is 0.175 e. The Labute approximate surface area is 126 Å². The molecule has 0 spiro atoms. The number of ketones is 1. The zero-order chi connectivity index (χ0) is 15.4. The average Bonchev–Trinajstić information content (AvgIpc) is 2.49. The molecule has 2 aromatic rings. The predicted octanol–water partition coefficient (Wildman–Crippen LogP) is 4.34. The van der Waals surface area contributed by atoms with E-state index in [1.165, 1.54) is 17.8 Å². The summed E-state index contributed by atoms with van der Waals surface area (Å²) in [6.45, 7) is 1.72. The number of para-hydroxylation sites is 1. The van der Waals surface area contributed by atoms with E-state index in [0.29, 0.717) is 5.75 Å². The lowest BCUT2D eigenvalue weighted by Gasteiger charge is -2.13. The molecule has 0 saturated carbocycles. The van der Waals surface area contributed by atoms with Crippen molar-refractivity contribution >= 4 is 17.5 Å². The Balaban J connectivity index is 2.17. The van der Waals surface area contributed by atoms with E-state index >= 15 is 0 Å². The molecular weight excluding hydrogens is 294 g/mol. The molecule has 110 valence electrons. The van der Waals surface area contributed by atoms with Gasteiger partial charge < -0.3 is 4.74 Å². The first kappa shape index (κ1) is 15.5. The predicted molar refractivity (Wildman–Crippen MR) is 79.0 cm³/mol. The van der Waals surface area contributed by atoms with Crippen molar-refractivity contribution in [2.45, 2.75) is 17.1 Å². The fourth-order valence-electron chi connectivity index (χ4n) is 1.84. The SMILES string of the molecule is COc1ccccc1SC(C)C(=O)c1ccc(F)c(F)c1. The molecule has 1 atom stereocenters. The molecule has 0 N–H and O–H groups in total. The molecule has 5 heteroatoms. The van der Waals surface area contributed by atoms with E-state index in [-0.39, 0.29) is 11.3 Å². The summed E-state index contributed by atoms with van der Waals surface area (Å²) in [6, 6.07) is 10.5. The van der Waals surface area contributed by atoms with Crippen molar-refractivity contribution in [3.05, 3.63) is 59.7 Å². The number of hydrogen-bond donors (Lipinski definition) is 0. The van der Waals surface area contributed by atoms with Crippen molar-refractivity contribution in [3.63, 3.8) is 0 Å². The van der Waals surface area contributed by atoms with E-state index in [1.54, 1.807) is 20.1 Å². The van der Waals surface area contributed by atoms with Gasteiger partial charge in [-0.1, -0.05) is 12.1 Å². The van der Waals surface area contributed by atoms with Crippen LogP contribution in [0.1, 0.15) is 17.3 Å². The summed E-state index contributed by atoms with van der Waals surface area (Å²) in [6.07, 6.45) is 0. The molecule has 0 radical (unpaired) electrons. The fourth-order valence-corrected chi connectivity index (χ4v) is 2.89. The van der Waals surface area contributed by atoms with Crippen LogP contribution in [0.3, 0.4) is 0 Å². The van der Waals surface area contributed by atoms with Crippen LogP contribution in [0.15, 0.2) is 47.4 Å². The molecule has 0 aliphatic heterocycles. The number of thioether (sulfide) groups is 1. The minimum atomic E-state index is -1.02. The van der Waals surface area contributed by atoms with E-state index in [4.69, 9.17) is 4.74 Å². The Hall–Kier alpha value is -1.88. The molecule has 0 heterocycles. The first-order chi connectivity index (χ1) is 10.0. The zero-order valence-corrected chi connectivity index (χ0v) is 12.4. The third-order valence-electron chi connectivity index (χ3n) is 2.95. The molecule has 21 heavy (non-hydrogen) atoms. The Bertz CT molecular complexity index is 658. The van der Waals surface area contributed by atoms with Gasteiger partial charge in [-0.2, -0.15) is 0 Å². The van der Waals surface area contributed by atoms with Gasteiger partial charge in [-0.15, -0.1) is 11.8 Å². The molecule has 0 aliphatic rings. The molecule has 2 rings (SSSR count). The molecule has 0 aliphatic carbocycles. The number of ether oxygens (including phenoxy) is 1. The van der Waals surface area contributed by atoms with Crippen LogP contribution >= 0.6 is 11.8 Å². The van der Waals surface area contributed by atoms with Crippen LogP contribution in [-0.4, -0.2) is 18.1 Å². The van der Waals surface area contributed by atoms with Gasteiger partial charge in [0.15, 0.2) is 17.4 Å². The number of Topliss-reactive ketones (excluding diaryl/α,β-unsaturated/α-hetero) is 1. The van der Waals surface area contributed by atoms with Crippen LogP contribution in [-0.2, 0) is 0 Å². The summed E-state index contributed by atoms with van der Waals surface area (Å²) >= 11 is 1.32. The Morgan fingerprint density at radius 1 is 1.14 bits per heavy atom. The molecule has 0 aromatic heterocycles. The van der Waals surface area contributed by atoms with Gasteiger partial charge in [-0.25, -0.2) is 8.78 Å². The Kier molecular flexibility index (Phi) is 4.96. The second-order valence-corrected chi connectivity index (χ2v) is 5.79. The molecule has 0 amide bonds. The number of halogens is 2. The van der Waals surface area contributed by atoms with Crippen molar-refractivity contribution in [1.82, 2.24) is 0 Å². The average molecular weight is 308 g/mol. The van der Waals surface area contributed by atoms with E-state index in [9.17, 15) is 13.6 Å². The number of carbonyl (C=O) groups excluding carboxylic acids is 1. The van der Waals surface area contributed by atoms with Crippen LogP contribution in [0.2, 0.25) is 0 Å². The monoisotopic (exact) mass is 308 g/mol. The van der Waals surface area contributed by atoms with Gasteiger partial charge in [0.1, 0.15) is 5.75 Å². The quantitative estimate of drug-likeness (QED) is 0.607. The van der Waals surface area contributed by atoms with Crippen molar-refractivity contribution in [3.8, 4) is 5.75 Å². The summed E-state index contributed by atoms with van der Waals surface area (Å²) in [5.41, 5.74) is 0.156. The number of hydrogen-bond acceptors (Lipinski definition) is 3. The second kappa shape index (κ2) is 6.72. The Morgan fingerprint density at radius 2 is 1.86 bits per heavy atom. The molecule has 2 nitrogen and oxygen atoms in total. The van der Waals surface area contributed by atoms with Crippen molar-refractivity contribution in [1.29, 1.82) is 0 Å². The van der Waals surface area contributed by atoms with Crippen molar-refractivity contribution < 1.29 is 18.3 Å². The first-order valence-electron chi connectivity index (χ1n) is 6.32. The number of benzene rings is 2. The number of methoxy groups -OCH3 is 1.